The quantitative estimate of drug-likeness (QED) is 0.369. The molecule has 1 aromatic carbocycles. The fraction of sp³-hybridized carbons (Fsp3) is 0.417. The molecular weight excluding hydrogens is 440 g/mol. The molecule has 3 aromatic rings. The number of hydrogen-bond acceptors (Lipinski definition) is 6. The van der Waals surface area contributed by atoms with E-state index in [0.717, 1.165) is 25.7 Å². The Bertz CT molecular complexity index is 1150. The number of carbonyl (C=O) groups is 2. The van der Waals surface area contributed by atoms with E-state index in [0.29, 0.717) is 28.4 Å². The van der Waals surface area contributed by atoms with Gasteiger partial charge in [0.25, 0.3) is 5.56 Å². The summed E-state index contributed by atoms with van der Waals surface area (Å²) in [4.78, 5) is 42.6. The van der Waals surface area contributed by atoms with Gasteiger partial charge in [0.15, 0.2) is 5.16 Å². The molecule has 1 fully saturated rings. The Morgan fingerprint density at radius 1 is 1.09 bits per heavy atom. The van der Waals surface area contributed by atoms with Gasteiger partial charge < -0.3 is 15.1 Å². The molecule has 2 amide bonds. The highest BCUT2D eigenvalue weighted by atomic mass is 32.2. The third-order valence-electron chi connectivity index (χ3n) is 5.73. The van der Waals surface area contributed by atoms with Gasteiger partial charge in [0.05, 0.1) is 29.5 Å². The van der Waals surface area contributed by atoms with E-state index in [2.05, 4.69) is 15.6 Å². The molecule has 1 aliphatic rings. The smallest absolute Gasteiger partial charge is 0.262 e. The van der Waals surface area contributed by atoms with Gasteiger partial charge in [0.1, 0.15) is 5.76 Å². The third kappa shape index (κ3) is 6.25. The van der Waals surface area contributed by atoms with Crippen LogP contribution in [0.15, 0.2) is 57.0 Å². The molecule has 2 heterocycles. The van der Waals surface area contributed by atoms with Gasteiger partial charge >= 0.3 is 0 Å². The highest BCUT2D eigenvalue weighted by Crippen LogP contribution is 2.19. The molecule has 1 saturated carbocycles. The third-order valence-corrected chi connectivity index (χ3v) is 6.71. The van der Waals surface area contributed by atoms with Crippen molar-refractivity contribution in [1.82, 2.24) is 20.2 Å². The van der Waals surface area contributed by atoms with Crippen LogP contribution in [0.5, 0.6) is 0 Å². The number of carbonyl (C=O) groups excluding carboxylic acids is 2. The van der Waals surface area contributed by atoms with Crippen LogP contribution in [-0.4, -0.2) is 33.2 Å². The second-order valence-corrected chi connectivity index (χ2v) is 9.11. The van der Waals surface area contributed by atoms with Crippen LogP contribution in [0.25, 0.3) is 10.9 Å². The molecule has 4 rings (SSSR count). The number of aromatic nitrogens is 2. The Kier molecular flexibility index (Phi) is 7.83. The number of benzene rings is 1. The minimum Gasteiger partial charge on any atom is -0.467 e. The fourth-order valence-electron chi connectivity index (χ4n) is 4.00. The van der Waals surface area contributed by atoms with Crippen LogP contribution in [0.1, 0.15) is 44.3 Å². The summed E-state index contributed by atoms with van der Waals surface area (Å²) in [5.41, 5.74) is 0.369. The number of furan rings is 1. The Morgan fingerprint density at radius 2 is 1.91 bits per heavy atom. The van der Waals surface area contributed by atoms with Crippen molar-refractivity contribution in [3.05, 3.63) is 58.8 Å². The second-order valence-electron chi connectivity index (χ2n) is 8.17. The zero-order valence-corrected chi connectivity index (χ0v) is 19.2. The van der Waals surface area contributed by atoms with Crippen molar-refractivity contribution >= 4 is 34.5 Å². The standard InChI is InChI=1S/C24H28N4O4S/c29-21(26-17-7-2-1-3-8-17)12-13-28-23(31)19-10-4-5-11-20(19)27-24(28)33-16-22(30)25-15-18-9-6-14-32-18/h4-6,9-11,14,17H,1-3,7-8,12-13,15-16H2,(H,25,30)(H,26,29). The topological polar surface area (TPSA) is 106 Å². The molecule has 2 aromatic heterocycles. The van der Waals surface area contributed by atoms with Gasteiger partial charge in [-0.3, -0.25) is 19.0 Å². The molecule has 0 aliphatic heterocycles. The summed E-state index contributed by atoms with van der Waals surface area (Å²) in [6, 6.07) is 10.9. The molecule has 9 heteroatoms. The van der Waals surface area contributed by atoms with Crippen molar-refractivity contribution < 1.29 is 14.0 Å². The summed E-state index contributed by atoms with van der Waals surface area (Å²) in [7, 11) is 0. The van der Waals surface area contributed by atoms with E-state index in [4.69, 9.17) is 4.42 Å². The summed E-state index contributed by atoms with van der Waals surface area (Å²) < 4.78 is 6.73. The number of rotatable bonds is 9. The second kappa shape index (κ2) is 11.2. The van der Waals surface area contributed by atoms with Crippen molar-refractivity contribution in [1.29, 1.82) is 0 Å². The average Bonchev–Trinajstić information content (AvgIpc) is 3.35. The number of para-hydroxylation sites is 1. The number of thioether (sulfide) groups is 1. The minimum absolute atomic E-state index is 0.0610. The molecule has 0 atom stereocenters. The molecule has 33 heavy (non-hydrogen) atoms. The van der Waals surface area contributed by atoms with E-state index < -0.39 is 0 Å². The summed E-state index contributed by atoms with van der Waals surface area (Å²) >= 11 is 1.19. The summed E-state index contributed by atoms with van der Waals surface area (Å²) in [6.07, 6.45) is 7.27. The zero-order chi connectivity index (χ0) is 23.0. The monoisotopic (exact) mass is 468 g/mol. The number of fused-ring (bicyclic) bond motifs is 1. The molecule has 0 radical (unpaired) electrons. The fourth-order valence-corrected chi connectivity index (χ4v) is 4.85. The molecule has 174 valence electrons. The van der Waals surface area contributed by atoms with Gasteiger partial charge in [-0.2, -0.15) is 0 Å². The molecule has 8 nitrogen and oxygen atoms in total. The Labute approximate surface area is 196 Å². The number of nitrogens with one attached hydrogen (secondary N) is 2. The SMILES string of the molecule is O=C(CSc1nc2ccccc2c(=O)n1CCC(=O)NC1CCCCC1)NCc1ccco1. The molecule has 0 saturated heterocycles. The lowest BCUT2D eigenvalue weighted by atomic mass is 9.95. The lowest BCUT2D eigenvalue weighted by molar-refractivity contribution is -0.122. The van der Waals surface area contributed by atoms with Gasteiger partial charge in [0, 0.05) is 19.0 Å². The van der Waals surface area contributed by atoms with Crippen LogP contribution in [0.4, 0.5) is 0 Å². The number of hydrogen-bond donors (Lipinski definition) is 2. The Balaban J connectivity index is 1.43. The van der Waals surface area contributed by atoms with Gasteiger partial charge in [-0.1, -0.05) is 43.2 Å². The lowest BCUT2D eigenvalue weighted by Gasteiger charge is -2.23. The molecule has 1 aliphatic carbocycles. The van der Waals surface area contributed by atoms with Crippen LogP contribution < -0.4 is 16.2 Å². The molecule has 0 spiro atoms. The first-order valence-electron chi connectivity index (χ1n) is 11.3. The van der Waals surface area contributed by atoms with Crippen LogP contribution in [0.3, 0.4) is 0 Å². The van der Waals surface area contributed by atoms with E-state index >= 15 is 0 Å². The van der Waals surface area contributed by atoms with Crippen molar-refractivity contribution in [2.24, 2.45) is 0 Å². The van der Waals surface area contributed by atoms with Crippen molar-refractivity contribution in [3.8, 4) is 0 Å². The predicted molar refractivity (Wildman–Crippen MR) is 127 cm³/mol. The Morgan fingerprint density at radius 3 is 2.70 bits per heavy atom. The summed E-state index contributed by atoms with van der Waals surface area (Å²) in [5.74, 6) is 0.507. The predicted octanol–water partition coefficient (Wildman–Crippen LogP) is 3.24. The van der Waals surface area contributed by atoms with Gasteiger partial charge in [-0.25, -0.2) is 4.98 Å². The van der Waals surface area contributed by atoms with Gasteiger partial charge in [-0.05, 0) is 37.1 Å². The van der Waals surface area contributed by atoms with Crippen LogP contribution >= 0.6 is 11.8 Å². The molecular formula is C24H28N4O4S. The van der Waals surface area contributed by atoms with Crippen molar-refractivity contribution in [2.75, 3.05) is 5.75 Å². The maximum Gasteiger partial charge on any atom is 0.262 e. The van der Waals surface area contributed by atoms with E-state index in [1.807, 2.05) is 6.07 Å². The molecule has 0 unspecified atom stereocenters. The normalized spacial score (nSPS) is 14.3. The molecule has 2 N–H and O–H groups in total. The highest BCUT2D eigenvalue weighted by molar-refractivity contribution is 7.99. The maximum atomic E-state index is 13.1. The van der Waals surface area contributed by atoms with Gasteiger partial charge in [0.2, 0.25) is 11.8 Å². The minimum atomic E-state index is -0.204. The zero-order valence-electron chi connectivity index (χ0n) is 18.4. The van der Waals surface area contributed by atoms with Crippen LogP contribution in [0.2, 0.25) is 0 Å². The van der Waals surface area contributed by atoms with Gasteiger partial charge in [-0.15, -0.1) is 0 Å². The first-order valence-corrected chi connectivity index (χ1v) is 12.3. The highest BCUT2D eigenvalue weighted by Gasteiger charge is 2.18. The number of amides is 2. The van der Waals surface area contributed by atoms with E-state index in [-0.39, 0.29) is 42.1 Å². The van der Waals surface area contributed by atoms with Crippen LogP contribution in [0, 0.1) is 0 Å². The van der Waals surface area contributed by atoms with Crippen LogP contribution in [-0.2, 0) is 22.7 Å². The van der Waals surface area contributed by atoms with E-state index in [1.165, 1.54) is 22.7 Å². The average molecular weight is 469 g/mol. The largest absolute Gasteiger partial charge is 0.467 e. The summed E-state index contributed by atoms with van der Waals surface area (Å²) in [6.45, 7) is 0.511. The number of nitrogens with zero attached hydrogens (tertiary/aromatic N) is 2. The Hall–Kier alpha value is -3.07. The van der Waals surface area contributed by atoms with Crippen molar-refractivity contribution in [2.45, 2.75) is 62.8 Å². The first-order chi connectivity index (χ1) is 16.1. The lowest BCUT2D eigenvalue weighted by Crippen LogP contribution is -2.37. The van der Waals surface area contributed by atoms with E-state index in [9.17, 15) is 14.4 Å². The molecule has 0 bridgehead atoms. The maximum absolute atomic E-state index is 13.1. The van der Waals surface area contributed by atoms with E-state index in [1.54, 1.807) is 36.6 Å². The first kappa shape index (κ1) is 23.1. The van der Waals surface area contributed by atoms with Crippen molar-refractivity contribution in [3.63, 3.8) is 0 Å². The summed E-state index contributed by atoms with van der Waals surface area (Å²) in [5, 5.41) is 6.81.